The fourth-order valence-electron chi connectivity index (χ4n) is 3.02. The van der Waals surface area contributed by atoms with Gasteiger partial charge in [-0.1, -0.05) is 0 Å². The second-order valence-electron chi connectivity index (χ2n) is 7.87. The number of aromatic nitrogens is 1. The van der Waals surface area contributed by atoms with Crippen molar-refractivity contribution in [3.8, 4) is 11.5 Å². The lowest BCUT2D eigenvalue weighted by molar-refractivity contribution is 0.00695. The number of benzene rings is 2. The minimum Gasteiger partial charge on any atom is -0.493 e. The normalized spacial score (nSPS) is 11.1. The van der Waals surface area contributed by atoms with Gasteiger partial charge in [0.05, 0.1) is 32.0 Å². The van der Waals surface area contributed by atoms with Crippen LogP contribution in [0.15, 0.2) is 59.5 Å². The van der Waals surface area contributed by atoms with Gasteiger partial charge in [-0.25, -0.2) is 9.78 Å². The Morgan fingerprint density at radius 1 is 1.06 bits per heavy atom. The number of hydrogen-bond donors (Lipinski definition) is 0. The van der Waals surface area contributed by atoms with E-state index in [-0.39, 0.29) is 5.97 Å². The second-order valence-corrected chi connectivity index (χ2v) is 7.87. The van der Waals surface area contributed by atoms with E-state index in [0.717, 1.165) is 11.4 Å². The smallest absolute Gasteiger partial charge is 0.338 e. The minimum atomic E-state index is -0.549. The van der Waals surface area contributed by atoms with Crippen LogP contribution in [-0.2, 0) is 11.3 Å². The first-order valence-electron chi connectivity index (χ1n) is 10.1. The summed E-state index contributed by atoms with van der Waals surface area (Å²) in [6, 6.07) is 13.0. The van der Waals surface area contributed by atoms with E-state index in [1.165, 1.54) is 6.39 Å². The molecule has 0 aliphatic heterocycles. The van der Waals surface area contributed by atoms with E-state index in [0.29, 0.717) is 36.0 Å². The van der Waals surface area contributed by atoms with Crippen molar-refractivity contribution < 1.29 is 23.4 Å². The van der Waals surface area contributed by atoms with Crippen molar-refractivity contribution in [2.24, 2.45) is 0 Å². The number of hydrogen-bond acceptors (Lipinski definition) is 7. The third-order valence-corrected chi connectivity index (χ3v) is 4.37. The van der Waals surface area contributed by atoms with E-state index in [2.05, 4.69) is 4.98 Å². The van der Waals surface area contributed by atoms with Gasteiger partial charge < -0.3 is 23.5 Å². The van der Waals surface area contributed by atoms with Crippen LogP contribution >= 0.6 is 0 Å². The fraction of sp³-hybridized carbons (Fsp3) is 0.333. The molecule has 0 amide bonds. The van der Waals surface area contributed by atoms with Crippen LogP contribution in [0, 0.1) is 0 Å². The summed E-state index contributed by atoms with van der Waals surface area (Å²) in [5.74, 6) is 1.65. The first-order chi connectivity index (χ1) is 14.8. The first-order valence-corrected chi connectivity index (χ1v) is 10.1. The number of carbonyl (C=O) groups is 1. The molecule has 1 heterocycles. The lowest BCUT2D eigenvalue weighted by Gasteiger charge is -2.25. The molecule has 0 atom stereocenters. The monoisotopic (exact) mass is 424 g/mol. The molecule has 0 aliphatic rings. The van der Waals surface area contributed by atoms with Crippen LogP contribution in [0.5, 0.6) is 11.5 Å². The van der Waals surface area contributed by atoms with Crippen molar-refractivity contribution in [2.75, 3.05) is 18.6 Å². The molecular formula is C24H28N2O5. The van der Waals surface area contributed by atoms with Crippen molar-refractivity contribution in [3.05, 3.63) is 66.4 Å². The summed E-state index contributed by atoms with van der Waals surface area (Å²) in [5.41, 5.74) is 1.69. The summed E-state index contributed by atoms with van der Waals surface area (Å²) < 4.78 is 22.1. The maximum Gasteiger partial charge on any atom is 0.338 e. The molecule has 0 spiro atoms. The Kier molecular flexibility index (Phi) is 6.84. The molecule has 0 fully saturated rings. The summed E-state index contributed by atoms with van der Waals surface area (Å²) in [4.78, 5) is 18.4. The zero-order valence-corrected chi connectivity index (χ0v) is 18.5. The van der Waals surface area contributed by atoms with E-state index in [1.807, 2.05) is 62.9 Å². The summed E-state index contributed by atoms with van der Waals surface area (Å²) >= 11 is 0. The van der Waals surface area contributed by atoms with Gasteiger partial charge in [0, 0.05) is 17.4 Å². The van der Waals surface area contributed by atoms with Crippen molar-refractivity contribution in [1.82, 2.24) is 4.98 Å². The van der Waals surface area contributed by atoms with Gasteiger partial charge in [0.15, 0.2) is 17.9 Å². The Labute approximate surface area is 182 Å². The molecule has 0 N–H and O–H groups in total. The third kappa shape index (κ3) is 5.78. The molecule has 0 saturated heterocycles. The Morgan fingerprint density at radius 3 is 2.35 bits per heavy atom. The van der Waals surface area contributed by atoms with Crippen molar-refractivity contribution in [2.45, 2.75) is 39.8 Å². The lowest BCUT2D eigenvalue weighted by Crippen LogP contribution is -2.24. The standard InChI is InChI=1S/C24H28N2O5/c1-6-29-21-12-11-19(13-22(21)28-5)26(15-20-14-25-16-30-20)18-9-7-17(8-10-18)23(27)31-24(2,3)4/h7-14,16H,6,15H2,1-5H3. The minimum absolute atomic E-state index is 0.358. The quantitative estimate of drug-likeness (QED) is 0.450. The lowest BCUT2D eigenvalue weighted by atomic mass is 10.1. The van der Waals surface area contributed by atoms with Gasteiger partial charge in [0.25, 0.3) is 0 Å². The SMILES string of the molecule is CCOc1ccc(N(Cc2cnco2)c2ccc(C(=O)OC(C)(C)C)cc2)cc1OC. The van der Waals surface area contributed by atoms with Crippen molar-refractivity contribution in [3.63, 3.8) is 0 Å². The van der Waals surface area contributed by atoms with Crippen LogP contribution in [0.3, 0.4) is 0 Å². The number of oxazole rings is 1. The Hall–Kier alpha value is -3.48. The van der Waals surface area contributed by atoms with Crippen LogP contribution in [0.25, 0.3) is 0 Å². The molecule has 0 saturated carbocycles. The maximum absolute atomic E-state index is 12.4. The molecule has 7 nitrogen and oxygen atoms in total. The Bertz CT molecular complexity index is 992. The van der Waals surface area contributed by atoms with Gasteiger partial charge in [-0.05, 0) is 64.1 Å². The Morgan fingerprint density at radius 2 is 1.77 bits per heavy atom. The van der Waals surface area contributed by atoms with E-state index < -0.39 is 5.60 Å². The predicted molar refractivity (Wildman–Crippen MR) is 118 cm³/mol. The summed E-state index contributed by atoms with van der Waals surface area (Å²) in [5, 5.41) is 0. The second kappa shape index (κ2) is 9.55. The van der Waals surface area contributed by atoms with Gasteiger partial charge in [0.1, 0.15) is 11.4 Å². The summed E-state index contributed by atoms with van der Waals surface area (Å²) in [6.07, 6.45) is 3.08. The third-order valence-electron chi connectivity index (χ3n) is 4.37. The molecule has 0 bridgehead atoms. The average molecular weight is 424 g/mol. The van der Waals surface area contributed by atoms with Crippen molar-refractivity contribution >= 4 is 17.3 Å². The molecule has 1 aromatic heterocycles. The molecule has 3 rings (SSSR count). The topological polar surface area (TPSA) is 74.0 Å². The zero-order valence-electron chi connectivity index (χ0n) is 18.5. The van der Waals surface area contributed by atoms with Crippen LogP contribution in [0.1, 0.15) is 43.8 Å². The number of carbonyl (C=O) groups excluding carboxylic acids is 1. The molecule has 0 aliphatic carbocycles. The molecule has 0 unspecified atom stereocenters. The number of anilines is 2. The highest BCUT2D eigenvalue weighted by Gasteiger charge is 2.19. The number of methoxy groups -OCH3 is 1. The van der Waals surface area contributed by atoms with Crippen LogP contribution in [0.4, 0.5) is 11.4 Å². The molecule has 0 radical (unpaired) electrons. The highest BCUT2D eigenvalue weighted by atomic mass is 16.6. The highest BCUT2D eigenvalue weighted by molar-refractivity contribution is 5.90. The van der Waals surface area contributed by atoms with Crippen LogP contribution < -0.4 is 14.4 Å². The highest BCUT2D eigenvalue weighted by Crippen LogP contribution is 2.36. The number of ether oxygens (including phenoxy) is 3. The molecule has 7 heteroatoms. The predicted octanol–water partition coefficient (Wildman–Crippen LogP) is 5.38. The number of esters is 1. The van der Waals surface area contributed by atoms with Gasteiger partial charge in [0.2, 0.25) is 0 Å². The number of nitrogens with zero attached hydrogens (tertiary/aromatic N) is 2. The van der Waals surface area contributed by atoms with Gasteiger partial charge in [-0.2, -0.15) is 0 Å². The van der Waals surface area contributed by atoms with Gasteiger partial charge in [-0.15, -0.1) is 0 Å². The van der Waals surface area contributed by atoms with E-state index in [4.69, 9.17) is 18.6 Å². The van der Waals surface area contributed by atoms with E-state index >= 15 is 0 Å². The van der Waals surface area contributed by atoms with Gasteiger partial charge in [-0.3, -0.25) is 0 Å². The summed E-state index contributed by atoms with van der Waals surface area (Å²) in [7, 11) is 1.61. The fourth-order valence-corrected chi connectivity index (χ4v) is 3.02. The molecule has 31 heavy (non-hydrogen) atoms. The molecular weight excluding hydrogens is 396 g/mol. The molecule has 164 valence electrons. The molecule has 2 aromatic carbocycles. The van der Waals surface area contributed by atoms with Crippen molar-refractivity contribution in [1.29, 1.82) is 0 Å². The zero-order chi connectivity index (χ0) is 22.4. The van der Waals surface area contributed by atoms with Crippen LogP contribution in [0.2, 0.25) is 0 Å². The maximum atomic E-state index is 12.4. The Balaban J connectivity index is 1.94. The first kappa shape index (κ1) is 22.2. The molecule has 3 aromatic rings. The average Bonchev–Trinajstić information content (AvgIpc) is 3.25. The number of rotatable bonds is 8. The summed E-state index contributed by atoms with van der Waals surface area (Å²) in [6.45, 7) is 8.45. The van der Waals surface area contributed by atoms with Crippen LogP contribution in [-0.4, -0.2) is 30.3 Å². The van der Waals surface area contributed by atoms with Gasteiger partial charge >= 0.3 is 5.97 Å². The van der Waals surface area contributed by atoms with E-state index in [9.17, 15) is 4.79 Å². The largest absolute Gasteiger partial charge is 0.493 e. The van der Waals surface area contributed by atoms with E-state index in [1.54, 1.807) is 25.4 Å².